The van der Waals surface area contributed by atoms with E-state index in [4.69, 9.17) is 9.72 Å². The molecule has 0 radical (unpaired) electrons. The molecule has 4 heteroatoms. The van der Waals surface area contributed by atoms with Crippen molar-refractivity contribution < 1.29 is 4.74 Å². The lowest BCUT2D eigenvalue weighted by atomic mass is 9.76. The zero-order chi connectivity index (χ0) is 14.2. The second kappa shape index (κ2) is 5.74. The number of hydrogen-bond donors (Lipinski definition) is 1. The number of thiazole rings is 1. The number of fused-ring (bicyclic) bond motifs is 1. The van der Waals surface area contributed by atoms with E-state index in [2.05, 4.69) is 26.1 Å². The fourth-order valence-corrected chi connectivity index (χ4v) is 4.81. The summed E-state index contributed by atoms with van der Waals surface area (Å²) >= 11 is 1.96. The Labute approximate surface area is 126 Å². The molecule has 1 aromatic rings. The lowest BCUT2D eigenvalue weighted by Crippen LogP contribution is -2.32. The quantitative estimate of drug-likeness (QED) is 0.924. The van der Waals surface area contributed by atoms with Crippen LogP contribution in [0.5, 0.6) is 0 Å². The van der Waals surface area contributed by atoms with Crippen molar-refractivity contribution in [1.29, 1.82) is 0 Å². The molecular weight excluding hydrogens is 268 g/mol. The minimum absolute atomic E-state index is 0.362. The van der Waals surface area contributed by atoms with Gasteiger partial charge in [-0.2, -0.15) is 0 Å². The number of hydrogen-bond acceptors (Lipinski definition) is 4. The van der Waals surface area contributed by atoms with Crippen LogP contribution in [0.25, 0.3) is 0 Å². The topological polar surface area (TPSA) is 34.2 Å². The smallest absolute Gasteiger partial charge is 0.0964 e. The van der Waals surface area contributed by atoms with Crippen molar-refractivity contribution in [1.82, 2.24) is 10.3 Å². The summed E-state index contributed by atoms with van der Waals surface area (Å²) in [6.07, 6.45) is 4.64. The minimum atomic E-state index is 0.362. The maximum atomic E-state index is 5.48. The van der Waals surface area contributed by atoms with Crippen molar-refractivity contribution in [2.45, 2.75) is 58.4 Å². The maximum Gasteiger partial charge on any atom is 0.0964 e. The molecule has 2 aliphatic rings. The zero-order valence-corrected chi connectivity index (χ0v) is 13.7. The first-order valence-corrected chi connectivity index (χ1v) is 8.71. The van der Waals surface area contributed by atoms with E-state index in [0.717, 1.165) is 39.0 Å². The van der Waals surface area contributed by atoms with Gasteiger partial charge < -0.3 is 10.1 Å². The van der Waals surface area contributed by atoms with E-state index in [0.29, 0.717) is 17.4 Å². The summed E-state index contributed by atoms with van der Waals surface area (Å²) in [6, 6.07) is 0.504. The second-order valence-corrected chi connectivity index (χ2v) is 7.97. The normalized spacial score (nSPS) is 26.4. The number of nitrogens with one attached hydrogen (secondary N) is 1. The first kappa shape index (κ1) is 14.5. The van der Waals surface area contributed by atoms with Gasteiger partial charge in [0.15, 0.2) is 0 Å². The van der Waals surface area contributed by atoms with Crippen molar-refractivity contribution in [2.24, 2.45) is 5.41 Å². The van der Waals surface area contributed by atoms with Gasteiger partial charge in [-0.05, 0) is 37.6 Å². The molecule has 1 fully saturated rings. The molecule has 1 saturated heterocycles. The van der Waals surface area contributed by atoms with E-state index < -0.39 is 0 Å². The summed E-state index contributed by atoms with van der Waals surface area (Å²) < 4.78 is 5.48. The molecule has 0 aromatic carbocycles. The SMILES string of the molecule is CCNC1CC(C)(C)Cc2nc(C3CCOCC3)sc21. The highest BCUT2D eigenvalue weighted by Crippen LogP contribution is 2.44. The molecule has 1 aliphatic carbocycles. The highest BCUT2D eigenvalue weighted by atomic mass is 32.1. The van der Waals surface area contributed by atoms with Gasteiger partial charge in [0.1, 0.15) is 0 Å². The monoisotopic (exact) mass is 294 g/mol. The van der Waals surface area contributed by atoms with Gasteiger partial charge in [-0.1, -0.05) is 20.8 Å². The predicted octanol–water partition coefficient (Wildman–Crippen LogP) is 3.66. The number of aromatic nitrogens is 1. The van der Waals surface area contributed by atoms with E-state index in [1.807, 2.05) is 11.3 Å². The minimum Gasteiger partial charge on any atom is -0.381 e. The average Bonchev–Trinajstić information content (AvgIpc) is 2.82. The van der Waals surface area contributed by atoms with Gasteiger partial charge in [0.2, 0.25) is 0 Å². The van der Waals surface area contributed by atoms with Crippen LogP contribution < -0.4 is 5.32 Å². The van der Waals surface area contributed by atoms with E-state index in [-0.39, 0.29) is 0 Å². The summed E-state index contributed by atoms with van der Waals surface area (Å²) in [6.45, 7) is 9.77. The highest BCUT2D eigenvalue weighted by Gasteiger charge is 2.35. The van der Waals surface area contributed by atoms with Gasteiger partial charge in [-0.3, -0.25) is 0 Å². The fourth-order valence-electron chi connectivity index (χ4n) is 3.48. The van der Waals surface area contributed by atoms with Gasteiger partial charge in [0.05, 0.1) is 10.7 Å². The van der Waals surface area contributed by atoms with Crippen LogP contribution >= 0.6 is 11.3 Å². The van der Waals surface area contributed by atoms with Crippen LogP contribution in [0.2, 0.25) is 0 Å². The summed E-state index contributed by atoms with van der Waals surface area (Å²) in [7, 11) is 0. The Bertz CT molecular complexity index is 463. The van der Waals surface area contributed by atoms with Crippen LogP contribution in [0.1, 0.15) is 67.6 Å². The predicted molar refractivity (Wildman–Crippen MR) is 83.4 cm³/mol. The molecule has 1 unspecified atom stereocenters. The largest absolute Gasteiger partial charge is 0.381 e. The molecule has 0 bridgehead atoms. The number of ether oxygens (including phenoxy) is 1. The highest BCUT2D eigenvalue weighted by molar-refractivity contribution is 7.12. The molecule has 0 saturated carbocycles. The Kier molecular flexibility index (Phi) is 4.16. The molecule has 1 atom stereocenters. The number of rotatable bonds is 3. The van der Waals surface area contributed by atoms with Gasteiger partial charge in [0, 0.05) is 30.1 Å². The molecule has 2 heterocycles. The Morgan fingerprint density at radius 1 is 1.35 bits per heavy atom. The average molecular weight is 294 g/mol. The summed E-state index contributed by atoms with van der Waals surface area (Å²) in [4.78, 5) is 6.53. The number of nitrogens with zero attached hydrogens (tertiary/aromatic N) is 1. The Balaban J connectivity index is 1.87. The van der Waals surface area contributed by atoms with Crippen LogP contribution in [0.3, 0.4) is 0 Å². The third-order valence-corrected chi connectivity index (χ3v) is 5.86. The summed E-state index contributed by atoms with van der Waals surface area (Å²) in [5, 5.41) is 5.02. The lowest BCUT2D eigenvalue weighted by Gasteiger charge is -2.34. The Morgan fingerprint density at radius 3 is 2.80 bits per heavy atom. The standard InChI is InChI=1S/C16H26N2OS/c1-4-17-12-9-16(2,3)10-13-14(12)20-15(18-13)11-5-7-19-8-6-11/h11-12,17H,4-10H2,1-3H3. The molecule has 1 aliphatic heterocycles. The zero-order valence-electron chi connectivity index (χ0n) is 12.9. The van der Waals surface area contributed by atoms with Crippen molar-refractivity contribution in [3.8, 4) is 0 Å². The Morgan fingerprint density at radius 2 is 2.10 bits per heavy atom. The van der Waals surface area contributed by atoms with Crippen LogP contribution in [0.15, 0.2) is 0 Å². The maximum absolute atomic E-state index is 5.48. The fraction of sp³-hybridized carbons (Fsp3) is 0.812. The van der Waals surface area contributed by atoms with Gasteiger partial charge in [-0.25, -0.2) is 4.98 Å². The molecule has 1 N–H and O–H groups in total. The molecule has 3 nitrogen and oxygen atoms in total. The van der Waals surface area contributed by atoms with E-state index in [1.165, 1.54) is 22.0 Å². The molecular formula is C16H26N2OS. The third kappa shape index (κ3) is 2.92. The molecule has 20 heavy (non-hydrogen) atoms. The lowest BCUT2D eigenvalue weighted by molar-refractivity contribution is 0.0852. The van der Waals surface area contributed by atoms with Crippen molar-refractivity contribution >= 4 is 11.3 Å². The molecule has 0 spiro atoms. The van der Waals surface area contributed by atoms with Crippen molar-refractivity contribution in [3.05, 3.63) is 15.6 Å². The first-order valence-electron chi connectivity index (χ1n) is 7.89. The van der Waals surface area contributed by atoms with Crippen LogP contribution in [-0.2, 0) is 11.2 Å². The van der Waals surface area contributed by atoms with Gasteiger partial charge in [0.25, 0.3) is 0 Å². The summed E-state index contributed by atoms with van der Waals surface area (Å²) in [5.41, 5.74) is 1.72. The first-order chi connectivity index (χ1) is 9.59. The summed E-state index contributed by atoms with van der Waals surface area (Å²) in [5.74, 6) is 0.629. The van der Waals surface area contributed by atoms with Gasteiger partial charge >= 0.3 is 0 Å². The molecule has 112 valence electrons. The molecule has 0 amide bonds. The van der Waals surface area contributed by atoms with Crippen LogP contribution in [0.4, 0.5) is 0 Å². The second-order valence-electron chi connectivity index (χ2n) is 6.91. The van der Waals surface area contributed by atoms with Crippen LogP contribution in [0, 0.1) is 5.41 Å². The van der Waals surface area contributed by atoms with E-state index in [9.17, 15) is 0 Å². The van der Waals surface area contributed by atoms with Crippen molar-refractivity contribution in [3.63, 3.8) is 0 Å². The van der Waals surface area contributed by atoms with E-state index >= 15 is 0 Å². The van der Waals surface area contributed by atoms with Crippen molar-refractivity contribution in [2.75, 3.05) is 19.8 Å². The molecule has 3 rings (SSSR count). The van der Waals surface area contributed by atoms with Gasteiger partial charge in [-0.15, -0.1) is 11.3 Å². The molecule has 1 aromatic heterocycles. The Hall–Kier alpha value is -0.450. The third-order valence-electron chi connectivity index (χ3n) is 4.48. The van der Waals surface area contributed by atoms with E-state index in [1.54, 1.807) is 0 Å². The van der Waals surface area contributed by atoms with Crippen LogP contribution in [-0.4, -0.2) is 24.7 Å².